The van der Waals surface area contributed by atoms with Gasteiger partial charge in [0.25, 0.3) is 5.91 Å². The Morgan fingerprint density at radius 3 is 2.20 bits per heavy atom. The van der Waals surface area contributed by atoms with Crippen LogP contribution in [-0.4, -0.2) is 26.8 Å². The fourth-order valence-electron chi connectivity index (χ4n) is 4.18. The number of phenols is 1. The molecule has 35 heavy (non-hydrogen) atoms. The molecule has 2 N–H and O–H groups in total. The molecule has 1 aliphatic rings. The lowest BCUT2D eigenvalue weighted by Gasteiger charge is -2.27. The van der Waals surface area contributed by atoms with Crippen LogP contribution in [0, 0.1) is 0 Å². The van der Waals surface area contributed by atoms with Gasteiger partial charge in [-0.05, 0) is 47.4 Å². The number of ketones is 1. The zero-order valence-electron chi connectivity index (χ0n) is 18.5. The molecule has 3 aromatic carbocycles. The molecule has 0 fully saturated rings. The number of hydrogen-bond donors (Lipinski definition) is 2. The average molecular weight is 481 g/mol. The number of amides is 1. The van der Waals surface area contributed by atoms with Crippen LogP contribution in [0.4, 0.5) is 13.2 Å². The van der Waals surface area contributed by atoms with Crippen molar-refractivity contribution in [1.29, 1.82) is 0 Å². The van der Waals surface area contributed by atoms with E-state index in [9.17, 15) is 33.0 Å². The lowest BCUT2D eigenvalue weighted by Crippen LogP contribution is -2.30. The Balaban J connectivity index is 1.67. The molecule has 1 amide bonds. The van der Waals surface area contributed by atoms with Gasteiger partial charge in [-0.2, -0.15) is 13.2 Å². The number of rotatable bonds is 7. The number of phenolic OH excluding ortho intramolecular Hbond substituents is 1. The molecule has 0 saturated carbocycles. The van der Waals surface area contributed by atoms with E-state index in [1.54, 1.807) is 0 Å². The van der Waals surface area contributed by atoms with Crippen LogP contribution in [0.2, 0.25) is 0 Å². The quantitative estimate of drug-likeness (QED) is 0.467. The van der Waals surface area contributed by atoms with E-state index in [0.717, 1.165) is 17.7 Å². The highest BCUT2D eigenvalue weighted by molar-refractivity contribution is 6.09. The number of aromatic hydroxyl groups is 1. The monoisotopic (exact) mass is 481 g/mol. The van der Waals surface area contributed by atoms with Crippen molar-refractivity contribution < 1.29 is 33.0 Å². The standard InChI is InChI=1S/C27H22F3NO4/c28-27(29,30)20-8-4-7-18(15-20)16-31-24(19-10-12-21(32)13-11-19)23(25(34)26(31)35)22(33)14-9-17-5-2-1-3-6-17/h1-8,10-13,15,24,32,34H,9,14,16H2. The number of hydrogen-bond acceptors (Lipinski definition) is 4. The molecule has 1 atom stereocenters. The normalized spacial score (nSPS) is 16.1. The first kappa shape index (κ1) is 24.1. The Labute approximate surface area is 199 Å². The van der Waals surface area contributed by atoms with Crippen molar-refractivity contribution in [3.05, 3.63) is 112 Å². The largest absolute Gasteiger partial charge is 0.508 e. The predicted molar refractivity (Wildman–Crippen MR) is 122 cm³/mol. The molecule has 1 aliphatic heterocycles. The van der Waals surface area contributed by atoms with Gasteiger partial charge in [0.2, 0.25) is 0 Å². The van der Waals surface area contributed by atoms with Crippen LogP contribution < -0.4 is 0 Å². The highest BCUT2D eigenvalue weighted by Crippen LogP contribution is 2.40. The number of Topliss-reactive ketones (excluding diaryl/α,β-unsaturated/α-hetero) is 1. The van der Waals surface area contributed by atoms with Gasteiger partial charge >= 0.3 is 6.18 Å². The van der Waals surface area contributed by atoms with Gasteiger partial charge in [0.05, 0.1) is 17.2 Å². The summed E-state index contributed by atoms with van der Waals surface area (Å²) in [6.45, 7) is -0.256. The molecular formula is C27H22F3NO4. The van der Waals surface area contributed by atoms with Crippen LogP contribution in [0.5, 0.6) is 5.75 Å². The summed E-state index contributed by atoms with van der Waals surface area (Å²) in [5.41, 5.74) is 0.577. The van der Waals surface area contributed by atoms with Gasteiger partial charge in [-0.1, -0.05) is 54.6 Å². The summed E-state index contributed by atoms with van der Waals surface area (Å²) in [4.78, 5) is 27.4. The van der Waals surface area contributed by atoms with Gasteiger partial charge in [0, 0.05) is 13.0 Å². The first-order valence-electron chi connectivity index (χ1n) is 10.9. The third-order valence-corrected chi connectivity index (χ3v) is 5.90. The van der Waals surface area contributed by atoms with E-state index in [1.165, 1.54) is 41.3 Å². The Hall–Kier alpha value is -4.07. The molecule has 8 heteroatoms. The zero-order valence-corrected chi connectivity index (χ0v) is 18.5. The SMILES string of the molecule is O=C(CCc1ccccc1)C1=C(O)C(=O)N(Cc2cccc(C(F)(F)F)c2)C1c1ccc(O)cc1. The third kappa shape index (κ3) is 5.21. The smallest absolute Gasteiger partial charge is 0.416 e. The fourth-order valence-corrected chi connectivity index (χ4v) is 4.18. The molecule has 0 aliphatic carbocycles. The number of nitrogens with zero attached hydrogens (tertiary/aromatic N) is 1. The lowest BCUT2D eigenvalue weighted by molar-refractivity contribution is -0.137. The number of benzene rings is 3. The molecule has 180 valence electrons. The molecule has 0 aromatic heterocycles. The van der Waals surface area contributed by atoms with Gasteiger partial charge in [0.1, 0.15) is 5.75 Å². The molecule has 0 bridgehead atoms. The minimum Gasteiger partial charge on any atom is -0.508 e. The highest BCUT2D eigenvalue weighted by atomic mass is 19.4. The molecule has 5 nitrogen and oxygen atoms in total. The summed E-state index contributed by atoms with van der Waals surface area (Å²) in [5, 5.41) is 20.4. The fraction of sp³-hybridized carbons (Fsp3) is 0.185. The Morgan fingerprint density at radius 1 is 0.886 bits per heavy atom. The van der Waals surface area contributed by atoms with Crippen molar-refractivity contribution in [2.75, 3.05) is 0 Å². The summed E-state index contributed by atoms with van der Waals surface area (Å²) in [5.74, 6) is -2.03. The second-order valence-corrected chi connectivity index (χ2v) is 8.30. The molecule has 0 saturated heterocycles. The van der Waals surface area contributed by atoms with Crippen molar-refractivity contribution in [2.45, 2.75) is 31.6 Å². The molecule has 0 spiro atoms. The molecule has 0 radical (unpaired) electrons. The Kier molecular flexibility index (Phi) is 6.64. The van der Waals surface area contributed by atoms with Crippen molar-refractivity contribution >= 4 is 11.7 Å². The first-order chi connectivity index (χ1) is 16.6. The van der Waals surface area contributed by atoms with Gasteiger partial charge in [-0.3, -0.25) is 9.59 Å². The van der Waals surface area contributed by atoms with Crippen LogP contribution in [0.25, 0.3) is 0 Å². The van der Waals surface area contributed by atoms with E-state index >= 15 is 0 Å². The Bertz CT molecular complexity index is 1270. The maximum absolute atomic E-state index is 13.2. The highest BCUT2D eigenvalue weighted by Gasteiger charge is 2.43. The summed E-state index contributed by atoms with van der Waals surface area (Å²) in [7, 11) is 0. The molecule has 1 heterocycles. The van der Waals surface area contributed by atoms with Gasteiger partial charge < -0.3 is 15.1 Å². The summed E-state index contributed by atoms with van der Waals surface area (Å²) >= 11 is 0. The van der Waals surface area contributed by atoms with Crippen LogP contribution in [-0.2, 0) is 28.7 Å². The van der Waals surface area contributed by atoms with E-state index in [1.807, 2.05) is 30.3 Å². The number of carbonyl (C=O) groups excluding carboxylic acids is 2. The maximum atomic E-state index is 13.2. The number of aliphatic hydroxyl groups excluding tert-OH is 1. The van der Waals surface area contributed by atoms with Crippen molar-refractivity contribution in [3.8, 4) is 5.75 Å². The number of carbonyl (C=O) groups is 2. The number of alkyl halides is 3. The minimum absolute atomic E-state index is 0.0304. The lowest BCUT2D eigenvalue weighted by atomic mass is 9.93. The van der Waals surface area contributed by atoms with E-state index in [-0.39, 0.29) is 29.9 Å². The average Bonchev–Trinajstić information content (AvgIpc) is 3.08. The predicted octanol–water partition coefficient (Wildman–Crippen LogP) is 5.51. The van der Waals surface area contributed by atoms with Crippen LogP contribution in [0.3, 0.4) is 0 Å². The molecule has 1 unspecified atom stereocenters. The second kappa shape index (κ2) is 9.66. The first-order valence-corrected chi connectivity index (χ1v) is 10.9. The zero-order chi connectivity index (χ0) is 25.2. The topological polar surface area (TPSA) is 77.8 Å². The van der Waals surface area contributed by atoms with E-state index in [0.29, 0.717) is 12.0 Å². The number of halogens is 3. The minimum atomic E-state index is -4.56. The van der Waals surface area contributed by atoms with Crippen LogP contribution in [0.15, 0.2) is 90.2 Å². The van der Waals surface area contributed by atoms with Gasteiger partial charge in [0.15, 0.2) is 11.5 Å². The van der Waals surface area contributed by atoms with Gasteiger partial charge in [-0.25, -0.2) is 0 Å². The molecule has 3 aromatic rings. The maximum Gasteiger partial charge on any atom is 0.416 e. The van der Waals surface area contributed by atoms with E-state index in [2.05, 4.69) is 0 Å². The third-order valence-electron chi connectivity index (χ3n) is 5.90. The van der Waals surface area contributed by atoms with Crippen molar-refractivity contribution in [1.82, 2.24) is 4.90 Å². The van der Waals surface area contributed by atoms with E-state index < -0.39 is 35.2 Å². The molecule has 4 rings (SSSR count). The summed E-state index contributed by atoms with van der Waals surface area (Å²) in [6, 6.07) is 18.6. The molecular weight excluding hydrogens is 459 g/mol. The van der Waals surface area contributed by atoms with Gasteiger partial charge in [-0.15, -0.1) is 0 Å². The van der Waals surface area contributed by atoms with E-state index in [4.69, 9.17) is 0 Å². The van der Waals surface area contributed by atoms with Crippen LogP contribution >= 0.6 is 0 Å². The van der Waals surface area contributed by atoms with Crippen molar-refractivity contribution in [3.63, 3.8) is 0 Å². The number of aliphatic hydroxyl groups is 1. The Morgan fingerprint density at radius 2 is 1.54 bits per heavy atom. The van der Waals surface area contributed by atoms with Crippen LogP contribution in [0.1, 0.15) is 34.7 Å². The second-order valence-electron chi connectivity index (χ2n) is 8.30. The summed E-state index contributed by atoms with van der Waals surface area (Å²) in [6.07, 6.45) is -4.14. The summed E-state index contributed by atoms with van der Waals surface area (Å²) < 4.78 is 39.6. The van der Waals surface area contributed by atoms with Crippen molar-refractivity contribution in [2.24, 2.45) is 0 Å². The number of aryl methyl sites for hydroxylation is 1.